The van der Waals surface area contributed by atoms with Gasteiger partial charge in [-0.2, -0.15) is 0 Å². The highest BCUT2D eigenvalue weighted by Crippen LogP contribution is 2.33. The Hall–Kier alpha value is -0.120. The first-order valence-corrected chi connectivity index (χ1v) is 8.39. The van der Waals surface area contributed by atoms with Gasteiger partial charge < -0.3 is 5.73 Å². The van der Waals surface area contributed by atoms with Crippen molar-refractivity contribution < 1.29 is 0 Å². The van der Waals surface area contributed by atoms with Gasteiger partial charge in [0.25, 0.3) is 0 Å². The summed E-state index contributed by atoms with van der Waals surface area (Å²) < 4.78 is 0. The quantitative estimate of drug-likeness (QED) is 0.828. The molecule has 3 rings (SSSR count). The van der Waals surface area contributed by atoms with Crippen molar-refractivity contribution in [3.63, 3.8) is 0 Å². The molecule has 3 aliphatic rings. The summed E-state index contributed by atoms with van der Waals surface area (Å²) in [6, 6.07) is 1.91. The molecular formula is C16H31N3. The maximum Gasteiger partial charge on any atom is 0.0251 e. The van der Waals surface area contributed by atoms with Gasteiger partial charge in [-0.3, -0.25) is 9.80 Å². The zero-order valence-corrected chi connectivity index (χ0v) is 12.7. The summed E-state index contributed by atoms with van der Waals surface area (Å²) in [5.74, 6) is 1.72. The van der Waals surface area contributed by atoms with Crippen LogP contribution in [0.25, 0.3) is 0 Å². The number of rotatable bonds is 2. The van der Waals surface area contributed by atoms with Gasteiger partial charge in [-0.1, -0.05) is 13.8 Å². The topological polar surface area (TPSA) is 32.5 Å². The lowest BCUT2D eigenvalue weighted by atomic mass is 9.76. The number of hydrogen-bond donors (Lipinski definition) is 1. The molecule has 1 saturated carbocycles. The van der Waals surface area contributed by atoms with Crippen molar-refractivity contribution >= 4 is 0 Å². The fourth-order valence-corrected chi connectivity index (χ4v) is 4.54. The lowest BCUT2D eigenvalue weighted by Gasteiger charge is -2.47. The molecule has 3 fully saturated rings. The number of nitrogens with two attached hydrogens (primary N) is 1. The molecule has 3 nitrogen and oxygen atoms in total. The fraction of sp³-hybridized carbons (Fsp3) is 1.00. The van der Waals surface area contributed by atoms with E-state index in [-0.39, 0.29) is 0 Å². The average Bonchev–Trinajstić information content (AvgIpc) is 2.86. The van der Waals surface area contributed by atoms with E-state index in [2.05, 4.69) is 23.6 Å². The summed E-state index contributed by atoms with van der Waals surface area (Å²) >= 11 is 0. The Morgan fingerprint density at radius 1 is 1.00 bits per heavy atom. The highest BCUT2D eigenvalue weighted by Gasteiger charge is 2.38. The van der Waals surface area contributed by atoms with Crippen LogP contribution in [0.4, 0.5) is 0 Å². The van der Waals surface area contributed by atoms with E-state index in [1.54, 1.807) is 0 Å². The van der Waals surface area contributed by atoms with Crippen molar-refractivity contribution in [3.8, 4) is 0 Å². The number of piperazine rings is 1. The van der Waals surface area contributed by atoms with Gasteiger partial charge in [0.05, 0.1) is 0 Å². The van der Waals surface area contributed by atoms with Crippen LogP contribution in [0, 0.1) is 11.8 Å². The summed E-state index contributed by atoms with van der Waals surface area (Å²) in [6.45, 7) is 9.91. The first-order valence-electron chi connectivity index (χ1n) is 8.39. The molecule has 2 heterocycles. The largest absolute Gasteiger partial charge is 0.326 e. The van der Waals surface area contributed by atoms with Crippen LogP contribution in [-0.2, 0) is 0 Å². The minimum absolute atomic E-state index is 0.419. The van der Waals surface area contributed by atoms with Crippen molar-refractivity contribution in [1.82, 2.24) is 9.80 Å². The zero-order chi connectivity index (χ0) is 13.4. The van der Waals surface area contributed by atoms with E-state index in [0.29, 0.717) is 12.1 Å². The van der Waals surface area contributed by atoms with Crippen LogP contribution in [0.2, 0.25) is 0 Å². The van der Waals surface area contributed by atoms with Gasteiger partial charge in [0.15, 0.2) is 0 Å². The van der Waals surface area contributed by atoms with Gasteiger partial charge in [-0.15, -0.1) is 0 Å². The molecule has 0 spiro atoms. The van der Waals surface area contributed by atoms with E-state index in [1.807, 2.05) is 0 Å². The highest BCUT2D eigenvalue weighted by molar-refractivity contribution is 4.95. The molecule has 2 N–H and O–H groups in total. The third-order valence-corrected chi connectivity index (χ3v) is 5.94. The second-order valence-corrected chi connectivity index (χ2v) is 7.38. The number of nitrogens with zero attached hydrogens (tertiary/aromatic N) is 2. The zero-order valence-electron chi connectivity index (χ0n) is 12.7. The lowest BCUT2D eigenvalue weighted by molar-refractivity contribution is 0.0326. The van der Waals surface area contributed by atoms with Crippen LogP contribution in [0.3, 0.4) is 0 Å². The summed E-state index contributed by atoms with van der Waals surface area (Å²) in [5, 5.41) is 0. The van der Waals surface area contributed by atoms with E-state index in [1.165, 1.54) is 58.3 Å². The third kappa shape index (κ3) is 2.84. The second kappa shape index (κ2) is 5.71. The molecule has 0 amide bonds. The van der Waals surface area contributed by atoms with Crippen molar-refractivity contribution in [2.75, 3.05) is 26.2 Å². The Balaban J connectivity index is 1.63. The first-order chi connectivity index (χ1) is 9.15. The molecule has 2 aliphatic heterocycles. The lowest BCUT2D eigenvalue weighted by Crippen LogP contribution is -2.59. The highest BCUT2D eigenvalue weighted by atomic mass is 15.3. The van der Waals surface area contributed by atoms with E-state index < -0.39 is 0 Å². The van der Waals surface area contributed by atoms with Crippen molar-refractivity contribution in [3.05, 3.63) is 0 Å². The second-order valence-electron chi connectivity index (χ2n) is 7.38. The van der Waals surface area contributed by atoms with E-state index in [4.69, 9.17) is 5.73 Å². The summed E-state index contributed by atoms with van der Waals surface area (Å²) in [4.78, 5) is 5.44. The van der Waals surface area contributed by atoms with E-state index >= 15 is 0 Å². The molecule has 0 aromatic heterocycles. The molecule has 2 saturated heterocycles. The predicted octanol–water partition coefficient (Wildman–Crippen LogP) is 1.92. The van der Waals surface area contributed by atoms with Gasteiger partial charge in [0, 0.05) is 37.8 Å². The molecule has 110 valence electrons. The van der Waals surface area contributed by atoms with E-state index in [9.17, 15) is 0 Å². The molecule has 0 aromatic rings. The SMILES string of the molecule is CC(C)C1CCC(N)C(N2CCN3CCCC3C2)C1. The van der Waals surface area contributed by atoms with Crippen LogP contribution in [0.1, 0.15) is 46.0 Å². The Morgan fingerprint density at radius 2 is 1.79 bits per heavy atom. The van der Waals surface area contributed by atoms with Crippen LogP contribution in [-0.4, -0.2) is 54.1 Å². The number of hydrogen-bond acceptors (Lipinski definition) is 3. The van der Waals surface area contributed by atoms with Gasteiger partial charge >= 0.3 is 0 Å². The van der Waals surface area contributed by atoms with Gasteiger partial charge in [-0.05, 0) is 50.5 Å². The Kier molecular flexibility index (Phi) is 4.16. The van der Waals surface area contributed by atoms with Crippen LogP contribution < -0.4 is 5.73 Å². The van der Waals surface area contributed by atoms with Crippen LogP contribution in [0.15, 0.2) is 0 Å². The maximum atomic E-state index is 6.45. The van der Waals surface area contributed by atoms with Gasteiger partial charge in [-0.25, -0.2) is 0 Å². The monoisotopic (exact) mass is 265 g/mol. The standard InChI is InChI=1S/C16H31N3/c1-12(2)13-5-6-15(17)16(10-13)19-9-8-18-7-3-4-14(18)11-19/h12-16H,3-11,17H2,1-2H3. The van der Waals surface area contributed by atoms with E-state index in [0.717, 1.165) is 17.9 Å². The summed E-state index contributed by atoms with van der Waals surface area (Å²) in [6.07, 6.45) is 6.73. The Morgan fingerprint density at radius 3 is 2.58 bits per heavy atom. The summed E-state index contributed by atoms with van der Waals surface area (Å²) in [7, 11) is 0. The van der Waals surface area contributed by atoms with Gasteiger partial charge in [0.2, 0.25) is 0 Å². The third-order valence-electron chi connectivity index (χ3n) is 5.94. The molecule has 0 aromatic carbocycles. The molecule has 0 radical (unpaired) electrons. The minimum Gasteiger partial charge on any atom is -0.326 e. The van der Waals surface area contributed by atoms with Crippen molar-refractivity contribution in [1.29, 1.82) is 0 Å². The van der Waals surface area contributed by atoms with Crippen molar-refractivity contribution in [2.24, 2.45) is 17.6 Å². The molecule has 4 unspecified atom stereocenters. The first kappa shape index (κ1) is 13.8. The Labute approximate surface area is 118 Å². The molecule has 3 heteroatoms. The average molecular weight is 265 g/mol. The molecular weight excluding hydrogens is 234 g/mol. The minimum atomic E-state index is 0.419. The molecule has 1 aliphatic carbocycles. The predicted molar refractivity (Wildman–Crippen MR) is 80.1 cm³/mol. The maximum absolute atomic E-state index is 6.45. The molecule has 4 atom stereocenters. The van der Waals surface area contributed by atoms with Gasteiger partial charge in [0.1, 0.15) is 0 Å². The number of fused-ring (bicyclic) bond motifs is 1. The van der Waals surface area contributed by atoms with Crippen molar-refractivity contribution in [2.45, 2.75) is 64.1 Å². The van der Waals surface area contributed by atoms with Crippen LogP contribution in [0.5, 0.6) is 0 Å². The normalized spacial score (nSPS) is 41.7. The molecule has 0 bridgehead atoms. The van der Waals surface area contributed by atoms with Crippen LogP contribution >= 0.6 is 0 Å². The fourth-order valence-electron chi connectivity index (χ4n) is 4.54. The molecule has 19 heavy (non-hydrogen) atoms. The Bertz CT molecular complexity index is 304. The summed E-state index contributed by atoms with van der Waals surface area (Å²) in [5.41, 5.74) is 6.45. The smallest absolute Gasteiger partial charge is 0.0251 e.